The molecule has 7 heteroatoms. The van der Waals surface area contributed by atoms with E-state index in [1.54, 1.807) is 31.3 Å². The summed E-state index contributed by atoms with van der Waals surface area (Å²) in [5, 5.41) is 10.4. The molecule has 3 rings (SSSR count). The molecule has 0 fully saturated rings. The molecule has 2 aromatic carbocycles. The van der Waals surface area contributed by atoms with Crippen molar-refractivity contribution < 1.29 is 18.3 Å². The molecule has 1 unspecified atom stereocenters. The van der Waals surface area contributed by atoms with Crippen molar-refractivity contribution in [2.45, 2.75) is 18.2 Å². The third kappa shape index (κ3) is 2.58. The molecule has 2 N–H and O–H groups in total. The van der Waals surface area contributed by atoms with Gasteiger partial charge in [-0.15, -0.1) is 0 Å². The SMILES string of the molecule is CCC(CO)CNS(=O)(=O)c1ccc2c3c(cccc13)C(=O)N2C. The average molecular weight is 348 g/mol. The lowest BCUT2D eigenvalue weighted by Gasteiger charge is -2.15. The van der Waals surface area contributed by atoms with E-state index in [0.717, 1.165) is 0 Å². The summed E-state index contributed by atoms with van der Waals surface area (Å²) < 4.78 is 28.0. The second kappa shape index (κ2) is 6.16. The first-order chi connectivity index (χ1) is 11.4. The Morgan fingerprint density at radius 3 is 2.67 bits per heavy atom. The molecule has 1 aliphatic rings. The number of aliphatic hydroxyl groups excluding tert-OH is 1. The van der Waals surface area contributed by atoms with Gasteiger partial charge in [0.15, 0.2) is 0 Å². The number of rotatable bonds is 6. The number of benzene rings is 2. The first-order valence-corrected chi connectivity index (χ1v) is 9.33. The highest BCUT2D eigenvalue weighted by atomic mass is 32.2. The van der Waals surface area contributed by atoms with E-state index in [1.165, 1.54) is 11.0 Å². The largest absolute Gasteiger partial charge is 0.396 e. The van der Waals surface area contributed by atoms with Gasteiger partial charge in [0.05, 0.1) is 10.6 Å². The van der Waals surface area contributed by atoms with E-state index in [1.807, 2.05) is 6.92 Å². The van der Waals surface area contributed by atoms with Gasteiger partial charge in [-0.1, -0.05) is 19.1 Å². The van der Waals surface area contributed by atoms with Crippen LogP contribution in [0.25, 0.3) is 10.8 Å². The zero-order valence-electron chi connectivity index (χ0n) is 13.6. The second-order valence-electron chi connectivity index (χ2n) is 5.98. The number of carbonyl (C=O) groups excluding carboxylic acids is 1. The molecule has 1 amide bonds. The first kappa shape index (κ1) is 16.9. The van der Waals surface area contributed by atoms with Gasteiger partial charge in [-0.25, -0.2) is 13.1 Å². The summed E-state index contributed by atoms with van der Waals surface area (Å²) in [5.41, 5.74) is 1.23. The smallest absolute Gasteiger partial charge is 0.258 e. The summed E-state index contributed by atoms with van der Waals surface area (Å²) in [4.78, 5) is 13.9. The van der Waals surface area contributed by atoms with Crippen molar-refractivity contribution in [3.63, 3.8) is 0 Å². The molecule has 0 aliphatic carbocycles. The molecule has 0 radical (unpaired) electrons. The quantitative estimate of drug-likeness (QED) is 0.832. The van der Waals surface area contributed by atoms with Gasteiger partial charge in [-0.3, -0.25) is 4.79 Å². The van der Waals surface area contributed by atoms with Crippen LogP contribution in [0.1, 0.15) is 23.7 Å². The third-order valence-corrected chi connectivity index (χ3v) is 6.04. The molecule has 1 heterocycles. The molecule has 128 valence electrons. The fourth-order valence-corrected chi connectivity index (χ4v) is 4.30. The van der Waals surface area contributed by atoms with Gasteiger partial charge >= 0.3 is 0 Å². The van der Waals surface area contributed by atoms with Crippen molar-refractivity contribution in [1.29, 1.82) is 0 Å². The molecule has 6 nitrogen and oxygen atoms in total. The van der Waals surface area contributed by atoms with Crippen LogP contribution in [-0.4, -0.2) is 39.6 Å². The summed E-state index contributed by atoms with van der Waals surface area (Å²) in [7, 11) is -2.06. The summed E-state index contributed by atoms with van der Waals surface area (Å²) in [6.07, 6.45) is 0.683. The summed E-state index contributed by atoms with van der Waals surface area (Å²) in [5.74, 6) is -0.256. The number of sulfonamides is 1. The minimum absolute atomic E-state index is 0.0673. The van der Waals surface area contributed by atoms with Crippen LogP contribution in [0.2, 0.25) is 0 Å². The Labute approximate surface area is 141 Å². The highest BCUT2D eigenvalue weighted by Crippen LogP contribution is 2.39. The van der Waals surface area contributed by atoms with Crippen molar-refractivity contribution in [1.82, 2.24) is 4.72 Å². The summed E-state index contributed by atoms with van der Waals surface area (Å²) in [6, 6.07) is 8.31. The van der Waals surface area contributed by atoms with Crippen molar-refractivity contribution in [3.05, 3.63) is 35.9 Å². The Bertz CT molecular complexity index is 904. The number of aliphatic hydroxyl groups is 1. The molecule has 1 atom stereocenters. The van der Waals surface area contributed by atoms with Gasteiger partial charge in [0.25, 0.3) is 5.91 Å². The van der Waals surface area contributed by atoms with Gasteiger partial charge in [-0.2, -0.15) is 0 Å². The van der Waals surface area contributed by atoms with Crippen molar-refractivity contribution in [2.75, 3.05) is 25.1 Å². The zero-order chi connectivity index (χ0) is 17.5. The van der Waals surface area contributed by atoms with Crippen LogP contribution in [-0.2, 0) is 10.0 Å². The predicted octanol–water partition coefficient (Wildman–Crippen LogP) is 1.73. The highest BCUT2D eigenvalue weighted by molar-refractivity contribution is 7.89. The number of amides is 1. The zero-order valence-corrected chi connectivity index (χ0v) is 14.4. The van der Waals surface area contributed by atoms with E-state index in [9.17, 15) is 18.3 Å². The van der Waals surface area contributed by atoms with E-state index in [-0.39, 0.29) is 29.9 Å². The molecule has 0 spiro atoms. The lowest BCUT2D eigenvalue weighted by molar-refractivity contribution is 0.0999. The predicted molar refractivity (Wildman–Crippen MR) is 92.7 cm³/mol. The minimum Gasteiger partial charge on any atom is -0.396 e. The average Bonchev–Trinajstić information content (AvgIpc) is 2.83. The Morgan fingerprint density at radius 2 is 2.00 bits per heavy atom. The maximum atomic E-state index is 12.7. The van der Waals surface area contributed by atoms with E-state index in [0.29, 0.717) is 28.4 Å². The van der Waals surface area contributed by atoms with Gasteiger partial charge in [-0.05, 0) is 30.5 Å². The van der Waals surface area contributed by atoms with Crippen LogP contribution < -0.4 is 9.62 Å². The third-order valence-electron chi connectivity index (χ3n) is 4.56. The van der Waals surface area contributed by atoms with Crippen LogP contribution in [0, 0.1) is 5.92 Å². The van der Waals surface area contributed by atoms with Gasteiger partial charge in [0.2, 0.25) is 10.0 Å². The second-order valence-corrected chi connectivity index (χ2v) is 7.72. The number of hydrogen-bond acceptors (Lipinski definition) is 4. The Morgan fingerprint density at radius 1 is 1.25 bits per heavy atom. The summed E-state index contributed by atoms with van der Waals surface area (Å²) >= 11 is 0. The van der Waals surface area contributed by atoms with E-state index >= 15 is 0 Å². The van der Waals surface area contributed by atoms with Gasteiger partial charge in [0, 0.05) is 36.5 Å². The number of hydrogen-bond donors (Lipinski definition) is 2. The maximum absolute atomic E-state index is 12.7. The Balaban J connectivity index is 2.07. The molecule has 0 saturated heterocycles. The van der Waals surface area contributed by atoms with Crippen molar-refractivity contribution >= 4 is 32.4 Å². The number of nitrogens with zero attached hydrogens (tertiary/aromatic N) is 1. The van der Waals surface area contributed by atoms with Crippen LogP contribution in [0.5, 0.6) is 0 Å². The summed E-state index contributed by atoms with van der Waals surface area (Å²) in [6.45, 7) is 2.01. The van der Waals surface area contributed by atoms with Gasteiger partial charge < -0.3 is 10.0 Å². The minimum atomic E-state index is -3.73. The van der Waals surface area contributed by atoms with Crippen LogP contribution in [0.15, 0.2) is 35.2 Å². The molecule has 24 heavy (non-hydrogen) atoms. The molecule has 0 bridgehead atoms. The number of carbonyl (C=O) groups is 1. The number of anilines is 1. The van der Waals surface area contributed by atoms with Crippen molar-refractivity contribution in [2.24, 2.45) is 5.92 Å². The van der Waals surface area contributed by atoms with E-state index in [2.05, 4.69) is 4.72 Å². The normalized spacial score (nSPS) is 15.3. The molecular formula is C17H20N2O4S. The van der Waals surface area contributed by atoms with Gasteiger partial charge in [0.1, 0.15) is 0 Å². The molecule has 2 aromatic rings. The topological polar surface area (TPSA) is 86.7 Å². The standard InChI is InChI=1S/C17H20N2O4S/c1-3-11(10-20)9-18-24(22,23)15-8-7-14-16-12(15)5-4-6-13(16)17(21)19(14)2/h4-8,11,18,20H,3,9-10H2,1-2H3. The van der Waals surface area contributed by atoms with Crippen molar-refractivity contribution in [3.8, 4) is 0 Å². The fraction of sp³-hybridized carbons (Fsp3) is 0.353. The van der Waals surface area contributed by atoms with Crippen LogP contribution >= 0.6 is 0 Å². The molecule has 0 saturated carbocycles. The van der Waals surface area contributed by atoms with Crippen LogP contribution in [0.4, 0.5) is 5.69 Å². The first-order valence-electron chi connectivity index (χ1n) is 7.85. The van der Waals surface area contributed by atoms with Crippen LogP contribution in [0.3, 0.4) is 0 Å². The molecule has 1 aliphatic heterocycles. The fourth-order valence-electron chi connectivity index (χ4n) is 2.99. The Hall–Kier alpha value is -1.96. The highest BCUT2D eigenvalue weighted by Gasteiger charge is 2.30. The monoisotopic (exact) mass is 348 g/mol. The maximum Gasteiger partial charge on any atom is 0.258 e. The molecule has 0 aromatic heterocycles. The van der Waals surface area contributed by atoms with E-state index < -0.39 is 10.0 Å². The lowest BCUT2D eigenvalue weighted by Crippen LogP contribution is -2.30. The molecular weight excluding hydrogens is 328 g/mol. The lowest BCUT2D eigenvalue weighted by atomic mass is 10.1. The van der Waals surface area contributed by atoms with E-state index in [4.69, 9.17) is 0 Å². The Kier molecular flexibility index (Phi) is 4.33. The number of nitrogens with one attached hydrogen (secondary N) is 1.